The van der Waals surface area contributed by atoms with E-state index in [-0.39, 0.29) is 18.6 Å². The van der Waals surface area contributed by atoms with E-state index in [9.17, 15) is 14.4 Å². The van der Waals surface area contributed by atoms with Crippen molar-refractivity contribution in [2.24, 2.45) is 11.8 Å². The normalized spacial score (nSPS) is 27.3. The largest absolute Gasteiger partial charge is 0.481 e. The van der Waals surface area contributed by atoms with Crippen LogP contribution >= 0.6 is 0 Å². The van der Waals surface area contributed by atoms with Crippen molar-refractivity contribution in [3.05, 3.63) is 0 Å². The summed E-state index contributed by atoms with van der Waals surface area (Å²) in [6.45, 7) is 0. The average Bonchev–Trinajstić information content (AvgIpc) is 2.46. The molecule has 0 aliphatic heterocycles. The van der Waals surface area contributed by atoms with Gasteiger partial charge in [0.25, 0.3) is 0 Å². The van der Waals surface area contributed by atoms with E-state index in [4.69, 9.17) is 5.11 Å². The minimum absolute atomic E-state index is 0.0103. The minimum Gasteiger partial charge on any atom is -0.481 e. The number of ketones is 1. The van der Waals surface area contributed by atoms with Crippen LogP contribution in [0.4, 0.5) is 0 Å². The van der Waals surface area contributed by atoms with Crippen molar-refractivity contribution in [2.45, 2.75) is 12.8 Å². The Morgan fingerprint density at radius 3 is 2.38 bits per heavy atom. The van der Waals surface area contributed by atoms with E-state index in [2.05, 4.69) is 4.74 Å². The first kappa shape index (κ1) is 9.70. The van der Waals surface area contributed by atoms with E-state index in [1.54, 1.807) is 0 Å². The Kier molecular flexibility index (Phi) is 2.65. The van der Waals surface area contributed by atoms with E-state index >= 15 is 0 Å². The van der Waals surface area contributed by atoms with Gasteiger partial charge in [-0.15, -0.1) is 0 Å². The van der Waals surface area contributed by atoms with E-state index in [1.807, 2.05) is 0 Å². The molecule has 1 fully saturated rings. The number of Topliss-reactive ketones (excluding diaryl/α,β-unsaturated/α-hetero) is 1. The lowest BCUT2D eigenvalue weighted by atomic mass is 9.97. The van der Waals surface area contributed by atoms with Crippen molar-refractivity contribution in [2.75, 3.05) is 7.11 Å². The number of carbonyl (C=O) groups excluding carboxylic acids is 2. The number of ether oxygens (including phenoxy) is 1. The molecule has 0 aromatic carbocycles. The topological polar surface area (TPSA) is 80.7 Å². The molecule has 1 N–H and O–H groups in total. The molecule has 2 atom stereocenters. The molecule has 0 bridgehead atoms. The summed E-state index contributed by atoms with van der Waals surface area (Å²) in [5.74, 6) is -3.61. The zero-order chi connectivity index (χ0) is 10.0. The van der Waals surface area contributed by atoms with Crippen LogP contribution in [-0.2, 0) is 19.1 Å². The summed E-state index contributed by atoms with van der Waals surface area (Å²) in [4.78, 5) is 32.6. The average molecular weight is 186 g/mol. The standard InChI is InChI=1S/C8H10O5/c1-13-8(12)6-3-4(9)2-5(6)7(10)11/h5-6H,2-3H2,1H3,(H,10,11)/t5-,6-/m0/s1. The smallest absolute Gasteiger partial charge is 0.309 e. The van der Waals surface area contributed by atoms with Crippen molar-refractivity contribution in [3.63, 3.8) is 0 Å². The van der Waals surface area contributed by atoms with Gasteiger partial charge in [0.1, 0.15) is 5.78 Å². The Balaban J connectivity index is 2.77. The van der Waals surface area contributed by atoms with Gasteiger partial charge >= 0.3 is 11.9 Å². The minimum atomic E-state index is -1.11. The molecule has 0 aromatic heterocycles. The lowest BCUT2D eigenvalue weighted by Gasteiger charge is -2.11. The van der Waals surface area contributed by atoms with Crippen LogP contribution in [0.5, 0.6) is 0 Å². The fourth-order valence-electron chi connectivity index (χ4n) is 1.52. The van der Waals surface area contributed by atoms with Gasteiger partial charge in [-0.05, 0) is 0 Å². The fraction of sp³-hybridized carbons (Fsp3) is 0.625. The predicted octanol–water partition coefficient (Wildman–Crippen LogP) is -0.161. The number of esters is 1. The van der Waals surface area contributed by atoms with Crippen LogP contribution in [0.1, 0.15) is 12.8 Å². The van der Waals surface area contributed by atoms with Gasteiger partial charge in [-0.1, -0.05) is 0 Å². The number of rotatable bonds is 2. The van der Waals surface area contributed by atoms with Gasteiger partial charge in [0.15, 0.2) is 0 Å². The number of aliphatic carboxylic acids is 1. The zero-order valence-corrected chi connectivity index (χ0v) is 7.15. The Hall–Kier alpha value is -1.39. The summed E-state index contributed by atoms with van der Waals surface area (Å²) in [7, 11) is 1.18. The van der Waals surface area contributed by atoms with Crippen LogP contribution in [0.15, 0.2) is 0 Å². The van der Waals surface area contributed by atoms with Gasteiger partial charge in [-0.2, -0.15) is 0 Å². The molecule has 13 heavy (non-hydrogen) atoms. The predicted molar refractivity (Wildman–Crippen MR) is 40.9 cm³/mol. The molecule has 5 nitrogen and oxygen atoms in total. The summed E-state index contributed by atoms with van der Waals surface area (Å²) in [5.41, 5.74) is 0. The SMILES string of the molecule is COC(=O)[C@H]1CC(=O)C[C@@H]1C(=O)O. The van der Waals surface area contributed by atoms with Gasteiger partial charge in [0, 0.05) is 12.8 Å². The van der Waals surface area contributed by atoms with Gasteiger partial charge < -0.3 is 9.84 Å². The lowest BCUT2D eigenvalue weighted by Crippen LogP contribution is -2.26. The van der Waals surface area contributed by atoms with Crippen LogP contribution in [0.25, 0.3) is 0 Å². The summed E-state index contributed by atoms with van der Waals surface area (Å²) in [5, 5.41) is 8.69. The third-order valence-corrected chi connectivity index (χ3v) is 2.20. The molecule has 0 saturated heterocycles. The Morgan fingerprint density at radius 2 is 1.92 bits per heavy atom. The van der Waals surface area contributed by atoms with Crippen LogP contribution in [0, 0.1) is 11.8 Å². The number of hydrogen-bond donors (Lipinski definition) is 1. The maximum Gasteiger partial charge on any atom is 0.309 e. The summed E-state index contributed by atoms with van der Waals surface area (Å²) < 4.78 is 4.41. The van der Waals surface area contributed by atoms with E-state index < -0.39 is 23.8 Å². The van der Waals surface area contributed by atoms with E-state index in [0.717, 1.165) is 0 Å². The molecular weight excluding hydrogens is 176 g/mol. The lowest BCUT2D eigenvalue weighted by molar-refractivity contribution is -0.154. The Labute approximate surface area is 74.7 Å². The number of methoxy groups -OCH3 is 1. The van der Waals surface area contributed by atoms with Crippen LogP contribution in [0.2, 0.25) is 0 Å². The van der Waals surface area contributed by atoms with Crippen molar-refractivity contribution in [1.82, 2.24) is 0 Å². The van der Waals surface area contributed by atoms with Gasteiger partial charge in [-0.25, -0.2) is 0 Å². The van der Waals surface area contributed by atoms with Crippen LogP contribution in [-0.4, -0.2) is 29.9 Å². The molecule has 1 aliphatic carbocycles. The molecule has 0 heterocycles. The molecule has 0 spiro atoms. The van der Waals surface area contributed by atoms with Crippen LogP contribution < -0.4 is 0 Å². The zero-order valence-electron chi connectivity index (χ0n) is 7.15. The fourth-order valence-corrected chi connectivity index (χ4v) is 1.52. The highest BCUT2D eigenvalue weighted by Gasteiger charge is 2.42. The van der Waals surface area contributed by atoms with E-state index in [1.165, 1.54) is 7.11 Å². The van der Waals surface area contributed by atoms with Crippen molar-refractivity contribution in [1.29, 1.82) is 0 Å². The molecule has 0 amide bonds. The van der Waals surface area contributed by atoms with Crippen LogP contribution in [0.3, 0.4) is 0 Å². The van der Waals surface area contributed by atoms with Gasteiger partial charge in [-0.3, -0.25) is 14.4 Å². The molecule has 0 aromatic rings. The third kappa shape index (κ3) is 1.85. The summed E-state index contributed by atoms with van der Waals surface area (Å²) >= 11 is 0. The maximum absolute atomic E-state index is 11.0. The maximum atomic E-state index is 11.0. The second-order valence-electron chi connectivity index (χ2n) is 3.02. The second-order valence-corrected chi connectivity index (χ2v) is 3.02. The second kappa shape index (κ2) is 3.55. The van der Waals surface area contributed by atoms with Gasteiger partial charge in [0.2, 0.25) is 0 Å². The van der Waals surface area contributed by atoms with Crippen molar-refractivity contribution in [3.8, 4) is 0 Å². The molecule has 5 heteroatoms. The summed E-state index contributed by atoms with van der Waals surface area (Å²) in [6, 6.07) is 0. The number of carbonyl (C=O) groups is 3. The molecule has 1 aliphatic rings. The van der Waals surface area contributed by atoms with E-state index in [0.29, 0.717) is 0 Å². The highest BCUT2D eigenvalue weighted by Crippen LogP contribution is 2.30. The van der Waals surface area contributed by atoms with Crippen molar-refractivity contribution < 1.29 is 24.2 Å². The quantitative estimate of drug-likeness (QED) is 0.606. The van der Waals surface area contributed by atoms with Gasteiger partial charge in [0.05, 0.1) is 18.9 Å². The molecule has 1 rings (SSSR count). The first-order valence-corrected chi connectivity index (χ1v) is 3.88. The third-order valence-electron chi connectivity index (χ3n) is 2.20. The van der Waals surface area contributed by atoms with Crippen molar-refractivity contribution >= 4 is 17.7 Å². The molecule has 1 saturated carbocycles. The Morgan fingerprint density at radius 1 is 1.38 bits per heavy atom. The number of hydrogen-bond acceptors (Lipinski definition) is 4. The number of carboxylic acid groups (broad SMARTS) is 1. The highest BCUT2D eigenvalue weighted by atomic mass is 16.5. The number of carboxylic acids is 1. The molecule has 0 radical (unpaired) electrons. The molecule has 72 valence electrons. The highest BCUT2D eigenvalue weighted by molar-refractivity contribution is 5.94. The molecule has 0 unspecified atom stereocenters. The monoisotopic (exact) mass is 186 g/mol. The first-order chi connectivity index (χ1) is 6.06. The first-order valence-electron chi connectivity index (χ1n) is 3.88. The Bertz CT molecular complexity index is 257. The summed E-state index contributed by atoms with van der Waals surface area (Å²) in [6.07, 6.45) is -0.0707. The molecular formula is C8H10O5.